The van der Waals surface area contributed by atoms with Crippen molar-refractivity contribution in [1.82, 2.24) is 14.6 Å². The third-order valence-electron chi connectivity index (χ3n) is 2.71. The van der Waals surface area contributed by atoms with Gasteiger partial charge in [-0.2, -0.15) is 5.10 Å². The van der Waals surface area contributed by atoms with Gasteiger partial charge in [-0.3, -0.25) is 0 Å². The minimum Gasteiger partial charge on any atom is -0.493 e. The van der Waals surface area contributed by atoms with Gasteiger partial charge in [0.25, 0.3) is 0 Å². The molecular weight excluding hydrogens is 250 g/mol. The van der Waals surface area contributed by atoms with Gasteiger partial charge in [0.1, 0.15) is 5.51 Å². The van der Waals surface area contributed by atoms with E-state index in [1.54, 1.807) is 25.9 Å². The summed E-state index contributed by atoms with van der Waals surface area (Å²) in [6.07, 6.45) is 1.81. The molecule has 0 saturated carbocycles. The summed E-state index contributed by atoms with van der Waals surface area (Å²) < 4.78 is 12.3. The Morgan fingerprint density at radius 3 is 2.78 bits per heavy atom. The summed E-state index contributed by atoms with van der Waals surface area (Å²) >= 11 is 1.51. The summed E-state index contributed by atoms with van der Waals surface area (Å²) in [5, 5.41) is 4.25. The van der Waals surface area contributed by atoms with Gasteiger partial charge in [0.2, 0.25) is 4.96 Å². The molecule has 18 heavy (non-hydrogen) atoms. The molecule has 92 valence electrons. The molecule has 0 saturated heterocycles. The Morgan fingerprint density at radius 1 is 1.17 bits per heavy atom. The van der Waals surface area contributed by atoms with Crippen LogP contribution in [-0.2, 0) is 0 Å². The van der Waals surface area contributed by atoms with E-state index in [1.807, 2.05) is 22.7 Å². The first-order valence-electron chi connectivity index (χ1n) is 5.33. The van der Waals surface area contributed by atoms with E-state index in [1.165, 1.54) is 11.3 Å². The van der Waals surface area contributed by atoms with Crippen LogP contribution in [0.5, 0.6) is 11.5 Å². The van der Waals surface area contributed by atoms with Crippen LogP contribution in [0.4, 0.5) is 0 Å². The second kappa shape index (κ2) is 4.30. The number of methoxy groups -OCH3 is 2. The number of hydrogen-bond acceptors (Lipinski definition) is 5. The van der Waals surface area contributed by atoms with Crippen LogP contribution in [0.2, 0.25) is 0 Å². The highest BCUT2D eigenvalue weighted by atomic mass is 32.1. The lowest BCUT2D eigenvalue weighted by atomic mass is 10.1. The Hall–Kier alpha value is -2.08. The van der Waals surface area contributed by atoms with Crippen molar-refractivity contribution in [1.29, 1.82) is 0 Å². The van der Waals surface area contributed by atoms with Crippen molar-refractivity contribution in [3.8, 4) is 22.8 Å². The van der Waals surface area contributed by atoms with Crippen molar-refractivity contribution >= 4 is 16.3 Å². The van der Waals surface area contributed by atoms with Crippen LogP contribution < -0.4 is 9.47 Å². The van der Waals surface area contributed by atoms with Crippen molar-refractivity contribution in [2.75, 3.05) is 14.2 Å². The molecule has 0 spiro atoms. The highest BCUT2D eigenvalue weighted by Crippen LogP contribution is 2.32. The zero-order valence-corrected chi connectivity index (χ0v) is 10.8. The SMILES string of the molecule is COc1ccc(-c2cnc3scnn23)cc1OC. The monoisotopic (exact) mass is 261 g/mol. The Balaban J connectivity index is 2.15. The van der Waals surface area contributed by atoms with Gasteiger partial charge in [-0.1, -0.05) is 11.3 Å². The van der Waals surface area contributed by atoms with Crippen LogP contribution in [0.1, 0.15) is 0 Å². The van der Waals surface area contributed by atoms with Gasteiger partial charge in [0.05, 0.1) is 26.1 Å². The third kappa shape index (κ3) is 1.62. The molecule has 2 aromatic heterocycles. The van der Waals surface area contributed by atoms with E-state index in [0.717, 1.165) is 16.2 Å². The second-order valence-corrected chi connectivity index (χ2v) is 4.46. The fourth-order valence-corrected chi connectivity index (χ4v) is 2.43. The average molecular weight is 261 g/mol. The van der Waals surface area contributed by atoms with Crippen molar-refractivity contribution in [2.45, 2.75) is 0 Å². The standard InChI is InChI=1S/C12H11N3O2S/c1-16-10-4-3-8(5-11(10)17-2)9-6-13-12-15(9)14-7-18-12/h3-7H,1-2H3. The number of aromatic nitrogens is 3. The van der Waals surface area contributed by atoms with Gasteiger partial charge >= 0.3 is 0 Å². The average Bonchev–Trinajstić information content (AvgIpc) is 3.00. The van der Waals surface area contributed by atoms with Gasteiger partial charge in [-0.15, -0.1) is 0 Å². The van der Waals surface area contributed by atoms with Gasteiger partial charge in [-0.05, 0) is 18.2 Å². The second-order valence-electron chi connectivity index (χ2n) is 3.65. The number of benzene rings is 1. The Bertz CT molecular complexity index is 690. The molecule has 0 atom stereocenters. The summed E-state index contributed by atoms with van der Waals surface area (Å²) in [6, 6.07) is 5.76. The number of imidazole rings is 1. The van der Waals surface area contributed by atoms with E-state index in [2.05, 4.69) is 10.1 Å². The van der Waals surface area contributed by atoms with E-state index < -0.39 is 0 Å². The van der Waals surface area contributed by atoms with Crippen molar-refractivity contribution < 1.29 is 9.47 Å². The molecule has 0 bridgehead atoms. The number of hydrogen-bond donors (Lipinski definition) is 0. The van der Waals surface area contributed by atoms with Crippen LogP contribution in [0.25, 0.3) is 16.2 Å². The predicted molar refractivity (Wildman–Crippen MR) is 69.4 cm³/mol. The zero-order chi connectivity index (χ0) is 12.5. The van der Waals surface area contributed by atoms with Gasteiger partial charge in [0, 0.05) is 5.56 Å². The Morgan fingerprint density at radius 2 is 2.00 bits per heavy atom. The van der Waals surface area contributed by atoms with E-state index in [4.69, 9.17) is 9.47 Å². The molecule has 0 aliphatic heterocycles. The number of nitrogens with zero attached hydrogens (tertiary/aromatic N) is 3. The maximum Gasteiger partial charge on any atom is 0.212 e. The van der Waals surface area contributed by atoms with Crippen LogP contribution in [0, 0.1) is 0 Å². The summed E-state index contributed by atoms with van der Waals surface area (Å²) in [6.45, 7) is 0. The molecule has 3 aromatic rings. The molecule has 0 N–H and O–H groups in total. The molecule has 2 heterocycles. The molecule has 5 nitrogen and oxygen atoms in total. The lowest BCUT2D eigenvalue weighted by Crippen LogP contribution is -1.92. The highest BCUT2D eigenvalue weighted by Gasteiger charge is 2.11. The van der Waals surface area contributed by atoms with E-state index >= 15 is 0 Å². The molecular formula is C12H11N3O2S. The molecule has 0 fully saturated rings. The van der Waals surface area contributed by atoms with Crippen molar-refractivity contribution in [3.05, 3.63) is 29.9 Å². The topological polar surface area (TPSA) is 48.7 Å². The molecule has 1 aromatic carbocycles. The molecule has 0 aliphatic carbocycles. The number of fused-ring (bicyclic) bond motifs is 1. The molecule has 0 amide bonds. The highest BCUT2D eigenvalue weighted by molar-refractivity contribution is 7.14. The van der Waals surface area contributed by atoms with Crippen molar-refractivity contribution in [3.63, 3.8) is 0 Å². The minimum atomic E-state index is 0.695. The van der Waals surface area contributed by atoms with Crippen LogP contribution in [0.15, 0.2) is 29.9 Å². The predicted octanol–water partition coefficient (Wildman–Crippen LogP) is 2.48. The molecule has 0 aliphatic rings. The lowest BCUT2D eigenvalue weighted by Gasteiger charge is -2.08. The van der Waals surface area contributed by atoms with Gasteiger partial charge < -0.3 is 9.47 Å². The summed E-state index contributed by atoms with van der Waals surface area (Å²) in [5.41, 5.74) is 3.70. The van der Waals surface area contributed by atoms with Crippen LogP contribution in [-0.4, -0.2) is 28.8 Å². The number of rotatable bonds is 3. The summed E-state index contributed by atoms with van der Waals surface area (Å²) in [4.78, 5) is 5.17. The van der Waals surface area contributed by atoms with Crippen molar-refractivity contribution in [2.24, 2.45) is 0 Å². The normalized spacial score (nSPS) is 10.8. The maximum absolute atomic E-state index is 5.30. The van der Waals surface area contributed by atoms with E-state index in [-0.39, 0.29) is 0 Å². The quantitative estimate of drug-likeness (QED) is 0.726. The fourth-order valence-electron chi connectivity index (χ4n) is 1.83. The molecule has 0 radical (unpaired) electrons. The fraction of sp³-hybridized carbons (Fsp3) is 0.167. The van der Waals surface area contributed by atoms with Crippen LogP contribution >= 0.6 is 11.3 Å². The van der Waals surface area contributed by atoms with Gasteiger partial charge in [0.15, 0.2) is 11.5 Å². The van der Waals surface area contributed by atoms with E-state index in [9.17, 15) is 0 Å². The molecule has 6 heteroatoms. The first-order valence-corrected chi connectivity index (χ1v) is 6.21. The Labute approximate surface area is 108 Å². The number of ether oxygens (including phenoxy) is 2. The van der Waals surface area contributed by atoms with Crippen LogP contribution in [0.3, 0.4) is 0 Å². The van der Waals surface area contributed by atoms with E-state index in [0.29, 0.717) is 11.5 Å². The maximum atomic E-state index is 5.30. The third-order valence-corrected chi connectivity index (χ3v) is 3.40. The van der Waals surface area contributed by atoms with Gasteiger partial charge in [-0.25, -0.2) is 9.50 Å². The lowest BCUT2D eigenvalue weighted by molar-refractivity contribution is 0.355. The molecule has 0 unspecified atom stereocenters. The minimum absolute atomic E-state index is 0.695. The largest absolute Gasteiger partial charge is 0.493 e. The smallest absolute Gasteiger partial charge is 0.212 e. The molecule has 3 rings (SSSR count). The Kier molecular flexibility index (Phi) is 2.64. The summed E-state index contributed by atoms with van der Waals surface area (Å²) in [7, 11) is 3.24. The summed E-state index contributed by atoms with van der Waals surface area (Å²) in [5.74, 6) is 1.40. The first kappa shape index (κ1) is 11.0. The first-order chi connectivity index (χ1) is 8.83. The zero-order valence-electron chi connectivity index (χ0n) is 9.95.